The molecule has 0 aliphatic heterocycles. The number of pyridine rings is 1. The van der Waals surface area contributed by atoms with E-state index >= 15 is 0 Å². The summed E-state index contributed by atoms with van der Waals surface area (Å²) in [4.78, 5) is 6.29. The Balaban J connectivity index is 2.04. The summed E-state index contributed by atoms with van der Waals surface area (Å²) in [5.41, 5.74) is 7.45. The van der Waals surface area contributed by atoms with Crippen LogP contribution in [0.15, 0.2) is 73.1 Å². The SMILES string of the molecule is Cc1ccc(-c2sc(C#CCCO)c(-c3cccc(CO)c3)c2-c2ccncc2)cc1. The van der Waals surface area contributed by atoms with Crippen LogP contribution in [0.3, 0.4) is 0 Å². The first-order chi connectivity index (χ1) is 15.2. The fraction of sp³-hybridized carbons (Fsp3) is 0.148. The van der Waals surface area contributed by atoms with E-state index in [4.69, 9.17) is 0 Å². The Labute approximate surface area is 186 Å². The molecule has 4 rings (SSSR count). The molecule has 0 aliphatic rings. The highest BCUT2D eigenvalue weighted by Crippen LogP contribution is 2.47. The molecule has 4 heteroatoms. The topological polar surface area (TPSA) is 53.4 Å². The molecular formula is C27H23NO2S. The van der Waals surface area contributed by atoms with E-state index in [9.17, 15) is 10.2 Å². The van der Waals surface area contributed by atoms with Gasteiger partial charge in [0.1, 0.15) is 0 Å². The third-order valence-corrected chi connectivity index (χ3v) is 6.18. The Morgan fingerprint density at radius 1 is 0.871 bits per heavy atom. The van der Waals surface area contributed by atoms with Gasteiger partial charge in [-0.1, -0.05) is 59.9 Å². The summed E-state index contributed by atoms with van der Waals surface area (Å²) in [6.07, 6.45) is 4.03. The molecule has 2 aromatic heterocycles. The van der Waals surface area contributed by atoms with Crippen LogP contribution in [0.25, 0.3) is 32.7 Å². The zero-order valence-electron chi connectivity index (χ0n) is 17.3. The summed E-state index contributed by atoms with van der Waals surface area (Å²) in [7, 11) is 0. The summed E-state index contributed by atoms with van der Waals surface area (Å²) in [5, 5.41) is 18.9. The number of aryl methyl sites for hydroxylation is 1. The van der Waals surface area contributed by atoms with E-state index in [0.29, 0.717) is 6.42 Å². The summed E-state index contributed by atoms with van der Waals surface area (Å²) in [6.45, 7) is 2.11. The van der Waals surface area contributed by atoms with Crippen molar-refractivity contribution < 1.29 is 10.2 Å². The van der Waals surface area contributed by atoms with Crippen LogP contribution in [0.1, 0.15) is 22.4 Å². The second-order valence-corrected chi connectivity index (χ2v) is 8.27. The van der Waals surface area contributed by atoms with Crippen LogP contribution in [-0.4, -0.2) is 21.8 Å². The van der Waals surface area contributed by atoms with Gasteiger partial charge in [0.05, 0.1) is 18.1 Å². The predicted octanol–water partition coefficient (Wildman–Crippen LogP) is 5.68. The van der Waals surface area contributed by atoms with Crippen LogP contribution in [-0.2, 0) is 6.61 Å². The van der Waals surface area contributed by atoms with Gasteiger partial charge in [0.25, 0.3) is 0 Å². The summed E-state index contributed by atoms with van der Waals surface area (Å²) in [6, 6.07) is 20.5. The quantitative estimate of drug-likeness (QED) is 0.405. The van der Waals surface area contributed by atoms with Crippen LogP contribution in [0.5, 0.6) is 0 Å². The number of rotatable bonds is 5. The van der Waals surface area contributed by atoms with Gasteiger partial charge in [-0.05, 0) is 47.4 Å². The van der Waals surface area contributed by atoms with Crippen LogP contribution >= 0.6 is 11.3 Å². The minimum absolute atomic E-state index is 0.0150. The summed E-state index contributed by atoms with van der Waals surface area (Å²) >= 11 is 1.66. The maximum Gasteiger partial charge on any atom is 0.0859 e. The molecule has 3 nitrogen and oxygen atoms in total. The van der Waals surface area contributed by atoms with Gasteiger partial charge in [0.15, 0.2) is 0 Å². The molecule has 0 amide bonds. The largest absolute Gasteiger partial charge is 0.395 e. The fourth-order valence-corrected chi connectivity index (χ4v) is 4.75. The molecule has 0 saturated heterocycles. The van der Waals surface area contributed by atoms with Crippen molar-refractivity contribution in [1.82, 2.24) is 4.98 Å². The molecular weight excluding hydrogens is 402 g/mol. The molecule has 0 bridgehead atoms. The zero-order valence-corrected chi connectivity index (χ0v) is 18.1. The smallest absolute Gasteiger partial charge is 0.0859 e. The maximum atomic E-state index is 9.69. The van der Waals surface area contributed by atoms with Crippen molar-refractivity contribution in [3.63, 3.8) is 0 Å². The molecule has 0 spiro atoms. The van der Waals surface area contributed by atoms with Crippen LogP contribution < -0.4 is 0 Å². The lowest BCUT2D eigenvalue weighted by molar-refractivity contribution is 0.282. The number of aromatic nitrogens is 1. The Bertz CT molecular complexity index is 1230. The number of thiophene rings is 1. The van der Waals surface area contributed by atoms with E-state index in [2.05, 4.69) is 54.1 Å². The van der Waals surface area contributed by atoms with Gasteiger partial charge >= 0.3 is 0 Å². The third kappa shape index (κ3) is 4.60. The van der Waals surface area contributed by atoms with E-state index in [0.717, 1.165) is 43.1 Å². The molecule has 2 heterocycles. The monoisotopic (exact) mass is 425 g/mol. The van der Waals surface area contributed by atoms with Gasteiger partial charge in [-0.2, -0.15) is 0 Å². The Kier molecular flexibility index (Phi) is 6.59. The average Bonchev–Trinajstić information content (AvgIpc) is 3.20. The van der Waals surface area contributed by atoms with Crippen LogP contribution in [0.2, 0.25) is 0 Å². The molecule has 2 aromatic carbocycles. The first kappa shape index (κ1) is 21.0. The van der Waals surface area contributed by atoms with Crippen molar-refractivity contribution in [1.29, 1.82) is 0 Å². The number of aliphatic hydroxyl groups excluding tert-OH is 2. The standard InChI is InChI=1S/C27H23NO2S/c1-19-8-10-22(11-9-19)27-26(21-12-14-28-15-13-21)25(24(31-27)7-2-3-16-29)23-6-4-5-20(17-23)18-30/h4-6,8-15,17,29-30H,3,16,18H2,1H3. The normalized spacial score (nSPS) is 10.5. The number of nitrogens with zero attached hydrogens (tertiary/aromatic N) is 1. The first-order valence-corrected chi connectivity index (χ1v) is 11.0. The van der Waals surface area contributed by atoms with Crippen molar-refractivity contribution in [2.75, 3.05) is 6.61 Å². The second-order valence-electron chi connectivity index (χ2n) is 7.25. The maximum absolute atomic E-state index is 9.69. The molecule has 0 aliphatic carbocycles. The van der Waals surface area contributed by atoms with Gasteiger partial charge in [-0.3, -0.25) is 4.98 Å². The lowest BCUT2D eigenvalue weighted by Gasteiger charge is -2.10. The minimum Gasteiger partial charge on any atom is -0.395 e. The lowest BCUT2D eigenvalue weighted by atomic mass is 9.92. The van der Waals surface area contributed by atoms with E-state index in [-0.39, 0.29) is 13.2 Å². The van der Waals surface area contributed by atoms with E-state index in [1.54, 1.807) is 23.7 Å². The van der Waals surface area contributed by atoms with E-state index in [1.165, 1.54) is 5.56 Å². The Morgan fingerprint density at radius 2 is 1.65 bits per heavy atom. The molecule has 0 radical (unpaired) electrons. The Hall–Kier alpha value is -3.23. The van der Waals surface area contributed by atoms with Crippen molar-refractivity contribution >= 4 is 11.3 Å². The molecule has 31 heavy (non-hydrogen) atoms. The minimum atomic E-state index is -0.0150. The first-order valence-electron chi connectivity index (χ1n) is 10.2. The highest BCUT2D eigenvalue weighted by molar-refractivity contribution is 7.17. The van der Waals surface area contributed by atoms with Gasteiger partial charge in [0, 0.05) is 34.8 Å². The van der Waals surface area contributed by atoms with Gasteiger partial charge in [0.2, 0.25) is 0 Å². The molecule has 0 saturated carbocycles. The van der Waals surface area contributed by atoms with Crippen LogP contribution in [0.4, 0.5) is 0 Å². The summed E-state index contributed by atoms with van der Waals surface area (Å²) < 4.78 is 0. The van der Waals surface area contributed by atoms with E-state index < -0.39 is 0 Å². The molecule has 154 valence electrons. The fourth-order valence-electron chi connectivity index (χ4n) is 3.52. The Morgan fingerprint density at radius 3 is 2.35 bits per heavy atom. The molecule has 0 fully saturated rings. The predicted molar refractivity (Wildman–Crippen MR) is 128 cm³/mol. The van der Waals surface area contributed by atoms with E-state index in [1.807, 2.05) is 30.3 Å². The highest BCUT2D eigenvalue weighted by Gasteiger charge is 2.21. The van der Waals surface area contributed by atoms with Crippen LogP contribution in [0, 0.1) is 18.8 Å². The number of hydrogen-bond acceptors (Lipinski definition) is 4. The van der Waals surface area contributed by atoms with Crippen molar-refractivity contribution in [3.05, 3.63) is 89.1 Å². The number of benzene rings is 2. The van der Waals surface area contributed by atoms with Gasteiger partial charge in [-0.25, -0.2) is 0 Å². The highest BCUT2D eigenvalue weighted by atomic mass is 32.1. The van der Waals surface area contributed by atoms with Crippen molar-refractivity contribution in [2.45, 2.75) is 20.0 Å². The summed E-state index contributed by atoms with van der Waals surface area (Å²) in [5.74, 6) is 6.38. The third-order valence-electron chi connectivity index (χ3n) is 5.03. The van der Waals surface area contributed by atoms with Gasteiger partial charge in [-0.15, -0.1) is 11.3 Å². The van der Waals surface area contributed by atoms with Gasteiger partial charge < -0.3 is 10.2 Å². The zero-order chi connectivity index (χ0) is 21.6. The average molecular weight is 426 g/mol. The second kappa shape index (κ2) is 9.72. The molecule has 2 N–H and O–H groups in total. The molecule has 0 atom stereocenters. The molecule has 4 aromatic rings. The molecule has 0 unspecified atom stereocenters. The van der Waals surface area contributed by atoms with Crippen molar-refractivity contribution in [2.24, 2.45) is 0 Å². The number of aliphatic hydroxyl groups is 2. The van der Waals surface area contributed by atoms with Crippen molar-refractivity contribution in [3.8, 4) is 44.5 Å². The lowest BCUT2D eigenvalue weighted by Crippen LogP contribution is -1.89. The number of hydrogen-bond donors (Lipinski definition) is 2.